The largest absolute Gasteiger partial charge is 0.480 e. The molecule has 21 heavy (non-hydrogen) atoms. The molecule has 0 aliphatic rings. The molecule has 0 aliphatic heterocycles. The van der Waals surface area contributed by atoms with Gasteiger partial charge in [-0.05, 0) is 32.2 Å². The normalized spacial score (nSPS) is 11.4. The van der Waals surface area contributed by atoms with Crippen LogP contribution in [0.4, 0.5) is 0 Å². The molecule has 0 saturated heterocycles. The second-order valence-electron chi connectivity index (χ2n) is 4.97. The van der Waals surface area contributed by atoms with Crippen LogP contribution in [-0.2, 0) is 4.79 Å². The van der Waals surface area contributed by atoms with E-state index in [2.05, 4.69) is 5.16 Å². The summed E-state index contributed by atoms with van der Waals surface area (Å²) in [6, 6.07) is 5.27. The summed E-state index contributed by atoms with van der Waals surface area (Å²) in [6.45, 7) is 4.95. The van der Waals surface area contributed by atoms with E-state index in [1.54, 1.807) is 6.92 Å². The highest BCUT2D eigenvalue weighted by Crippen LogP contribution is 2.26. The van der Waals surface area contributed by atoms with Gasteiger partial charge in [-0.2, -0.15) is 0 Å². The molecule has 6 nitrogen and oxygen atoms in total. The van der Waals surface area contributed by atoms with E-state index in [1.165, 1.54) is 36.2 Å². The van der Waals surface area contributed by atoms with Gasteiger partial charge in [-0.15, -0.1) is 11.3 Å². The third-order valence-electron chi connectivity index (χ3n) is 3.25. The second kappa shape index (κ2) is 5.69. The van der Waals surface area contributed by atoms with Crippen molar-refractivity contribution < 1.29 is 19.2 Å². The Balaban J connectivity index is 2.29. The van der Waals surface area contributed by atoms with Crippen LogP contribution in [0, 0.1) is 0 Å². The van der Waals surface area contributed by atoms with Gasteiger partial charge in [0.25, 0.3) is 5.91 Å². The molecular formula is C14H16N2O4S. The minimum absolute atomic E-state index is 0.106. The van der Waals surface area contributed by atoms with Gasteiger partial charge in [0, 0.05) is 12.6 Å². The van der Waals surface area contributed by atoms with Gasteiger partial charge < -0.3 is 14.5 Å². The summed E-state index contributed by atoms with van der Waals surface area (Å²) in [5.41, 5.74) is -1.21. The fraction of sp³-hybridized carbons (Fsp3) is 0.357. The number of likely N-dealkylation sites (N-methyl/N-ethyl adjacent to an activating group) is 1. The van der Waals surface area contributed by atoms with Crippen LogP contribution in [0.3, 0.4) is 0 Å². The summed E-state index contributed by atoms with van der Waals surface area (Å²) in [7, 11) is 0. The van der Waals surface area contributed by atoms with Crippen molar-refractivity contribution in [1.82, 2.24) is 10.1 Å². The Hall–Kier alpha value is -2.15. The zero-order chi connectivity index (χ0) is 15.6. The molecular weight excluding hydrogens is 292 g/mol. The Labute approximate surface area is 126 Å². The Bertz CT molecular complexity index is 646. The molecule has 0 saturated carbocycles. The first-order valence-electron chi connectivity index (χ1n) is 6.44. The van der Waals surface area contributed by atoms with E-state index >= 15 is 0 Å². The van der Waals surface area contributed by atoms with Gasteiger partial charge in [-0.1, -0.05) is 11.2 Å². The predicted octanol–water partition coefficient (Wildman–Crippen LogP) is 2.73. The molecule has 0 aromatic carbocycles. The summed E-state index contributed by atoms with van der Waals surface area (Å²) in [4.78, 5) is 25.9. The number of carboxylic acid groups (broad SMARTS) is 1. The van der Waals surface area contributed by atoms with Crippen molar-refractivity contribution in [3.05, 3.63) is 29.3 Å². The van der Waals surface area contributed by atoms with Gasteiger partial charge >= 0.3 is 5.97 Å². The Kier molecular flexibility index (Phi) is 4.13. The number of hydrogen-bond donors (Lipinski definition) is 1. The minimum atomic E-state index is -1.31. The van der Waals surface area contributed by atoms with Gasteiger partial charge in [0.1, 0.15) is 5.54 Å². The lowest BCUT2D eigenvalue weighted by Gasteiger charge is -2.33. The average molecular weight is 308 g/mol. The van der Waals surface area contributed by atoms with Gasteiger partial charge in [0.2, 0.25) is 0 Å². The predicted molar refractivity (Wildman–Crippen MR) is 78.2 cm³/mol. The average Bonchev–Trinajstić information content (AvgIpc) is 3.10. The van der Waals surface area contributed by atoms with E-state index in [-0.39, 0.29) is 12.2 Å². The van der Waals surface area contributed by atoms with Gasteiger partial charge in [-0.25, -0.2) is 4.79 Å². The summed E-state index contributed by atoms with van der Waals surface area (Å²) in [6.07, 6.45) is 0. The number of carbonyl (C=O) groups is 2. The Morgan fingerprint density at radius 1 is 1.48 bits per heavy atom. The third-order valence-corrected chi connectivity index (χ3v) is 4.14. The van der Waals surface area contributed by atoms with Crippen LogP contribution in [-0.4, -0.2) is 39.1 Å². The van der Waals surface area contributed by atoms with Crippen LogP contribution in [0.15, 0.2) is 28.1 Å². The van der Waals surface area contributed by atoms with E-state index in [0.29, 0.717) is 5.76 Å². The van der Waals surface area contributed by atoms with Crippen molar-refractivity contribution in [2.45, 2.75) is 26.3 Å². The molecule has 0 fully saturated rings. The number of carboxylic acids is 1. The van der Waals surface area contributed by atoms with Crippen LogP contribution in [0.2, 0.25) is 0 Å². The van der Waals surface area contributed by atoms with E-state index in [4.69, 9.17) is 4.52 Å². The number of hydrogen-bond acceptors (Lipinski definition) is 5. The number of rotatable bonds is 5. The molecule has 0 spiro atoms. The minimum Gasteiger partial charge on any atom is -0.480 e. The van der Waals surface area contributed by atoms with Crippen molar-refractivity contribution in [1.29, 1.82) is 0 Å². The molecule has 7 heteroatoms. The molecule has 112 valence electrons. The molecule has 1 amide bonds. The van der Waals surface area contributed by atoms with Crippen molar-refractivity contribution >= 4 is 23.2 Å². The van der Waals surface area contributed by atoms with Crippen LogP contribution in [0.5, 0.6) is 0 Å². The van der Waals surface area contributed by atoms with Crippen LogP contribution in [0.1, 0.15) is 31.3 Å². The molecule has 0 atom stereocenters. The standard InChI is InChI=1S/C14H16N2O4S/c1-4-16(14(2,3)13(18)19)12(17)9-8-10(20-15-9)11-6-5-7-21-11/h5-8H,4H2,1-3H3,(H,18,19). The van der Waals surface area contributed by atoms with Crippen molar-refractivity contribution in [3.63, 3.8) is 0 Å². The summed E-state index contributed by atoms with van der Waals surface area (Å²) in [5.74, 6) is -1.03. The SMILES string of the molecule is CCN(C(=O)c1cc(-c2cccs2)on1)C(C)(C)C(=O)O. The molecule has 2 heterocycles. The van der Waals surface area contributed by atoms with Gasteiger partial charge in [-0.3, -0.25) is 4.79 Å². The monoisotopic (exact) mass is 308 g/mol. The van der Waals surface area contributed by atoms with Crippen molar-refractivity contribution in [3.8, 4) is 10.6 Å². The van der Waals surface area contributed by atoms with E-state index in [0.717, 1.165) is 4.88 Å². The molecule has 0 aliphatic carbocycles. The topological polar surface area (TPSA) is 83.6 Å². The number of thiophene rings is 1. The molecule has 2 aromatic heterocycles. The number of amides is 1. The summed E-state index contributed by atoms with van der Waals surface area (Å²) < 4.78 is 5.16. The lowest BCUT2D eigenvalue weighted by Crippen LogP contribution is -2.53. The number of nitrogens with zero attached hydrogens (tertiary/aromatic N) is 2. The zero-order valence-electron chi connectivity index (χ0n) is 12.0. The summed E-state index contributed by atoms with van der Waals surface area (Å²) in [5, 5.41) is 14.9. The maximum atomic E-state index is 12.5. The van der Waals surface area contributed by atoms with Gasteiger partial charge in [0.05, 0.1) is 4.88 Å². The molecule has 1 N–H and O–H groups in total. The first-order valence-corrected chi connectivity index (χ1v) is 7.31. The summed E-state index contributed by atoms with van der Waals surface area (Å²) >= 11 is 1.47. The smallest absolute Gasteiger partial charge is 0.329 e. The molecule has 0 bridgehead atoms. The molecule has 0 unspecified atom stereocenters. The van der Waals surface area contributed by atoms with E-state index in [1.807, 2.05) is 17.5 Å². The van der Waals surface area contributed by atoms with Crippen LogP contribution < -0.4 is 0 Å². The number of carbonyl (C=O) groups excluding carboxylic acids is 1. The first-order chi connectivity index (χ1) is 9.87. The van der Waals surface area contributed by atoms with Crippen LogP contribution in [0.25, 0.3) is 10.6 Å². The highest BCUT2D eigenvalue weighted by atomic mass is 32.1. The number of aromatic nitrogens is 1. The maximum absolute atomic E-state index is 12.5. The zero-order valence-corrected chi connectivity index (χ0v) is 12.8. The fourth-order valence-corrected chi connectivity index (χ4v) is 2.63. The lowest BCUT2D eigenvalue weighted by atomic mass is 10.0. The first kappa shape index (κ1) is 15.2. The van der Waals surface area contributed by atoms with E-state index < -0.39 is 17.4 Å². The molecule has 2 rings (SSSR count). The fourth-order valence-electron chi connectivity index (χ4n) is 1.96. The number of aliphatic carboxylic acids is 1. The molecule has 2 aromatic rings. The highest BCUT2D eigenvalue weighted by molar-refractivity contribution is 7.13. The Morgan fingerprint density at radius 3 is 2.71 bits per heavy atom. The molecule has 0 radical (unpaired) electrons. The Morgan fingerprint density at radius 2 is 2.19 bits per heavy atom. The lowest BCUT2D eigenvalue weighted by molar-refractivity contribution is -0.147. The van der Waals surface area contributed by atoms with Gasteiger partial charge in [0.15, 0.2) is 11.5 Å². The highest BCUT2D eigenvalue weighted by Gasteiger charge is 2.38. The second-order valence-corrected chi connectivity index (χ2v) is 5.91. The quantitative estimate of drug-likeness (QED) is 0.918. The maximum Gasteiger partial charge on any atom is 0.329 e. The third kappa shape index (κ3) is 2.82. The van der Waals surface area contributed by atoms with E-state index in [9.17, 15) is 14.7 Å². The van der Waals surface area contributed by atoms with Crippen molar-refractivity contribution in [2.75, 3.05) is 6.54 Å². The van der Waals surface area contributed by atoms with Crippen molar-refractivity contribution in [2.24, 2.45) is 0 Å². The van der Waals surface area contributed by atoms with Crippen LogP contribution >= 0.6 is 11.3 Å².